The van der Waals surface area contributed by atoms with E-state index in [4.69, 9.17) is 16.3 Å². The molecule has 0 unspecified atom stereocenters. The van der Waals surface area contributed by atoms with Gasteiger partial charge in [-0.2, -0.15) is 0 Å². The molecule has 5 heteroatoms. The topological polar surface area (TPSA) is 41.6 Å². The van der Waals surface area contributed by atoms with Crippen molar-refractivity contribution in [1.29, 1.82) is 0 Å². The van der Waals surface area contributed by atoms with Crippen molar-refractivity contribution in [3.63, 3.8) is 0 Å². The Balaban J connectivity index is 1.86. The minimum atomic E-state index is -0.589. The molecule has 2 aromatic carbocycles. The van der Waals surface area contributed by atoms with E-state index in [9.17, 15) is 4.79 Å². The minimum absolute atomic E-state index is 0.159. The Morgan fingerprint density at radius 3 is 2.44 bits per heavy atom. The summed E-state index contributed by atoms with van der Waals surface area (Å²) in [6, 6.07) is 15.3. The molecule has 0 saturated heterocycles. The van der Waals surface area contributed by atoms with E-state index < -0.39 is 6.10 Å². The predicted molar refractivity (Wildman–Crippen MR) is 103 cm³/mol. The van der Waals surface area contributed by atoms with E-state index in [0.717, 1.165) is 18.7 Å². The Kier molecular flexibility index (Phi) is 7.14. The van der Waals surface area contributed by atoms with Gasteiger partial charge >= 0.3 is 0 Å². The standard InChI is InChI=1S/C20H25ClN2O2/c1-4-23(5-2)18-11-9-16(10-12-18)14-22-20(24)15(3)25-19-8-6-7-17(21)13-19/h6-13,15H,4-5,14H2,1-3H3,(H,22,24)/t15-/m1/s1. The van der Waals surface area contributed by atoms with Crippen molar-refractivity contribution in [3.8, 4) is 5.75 Å². The molecule has 134 valence electrons. The van der Waals surface area contributed by atoms with E-state index >= 15 is 0 Å². The van der Waals surface area contributed by atoms with Gasteiger partial charge in [-0.1, -0.05) is 29.8 Å². The maximum Gasteiger partial charge on any atom is 0.261 e. The molecule has 2 rings (SSSR count). The van der Waals surface area contributed by atoms with Gasteiger partial charge in [0.15, 0.2) is 6.10 Å². The Bertz CT molecular complexity index is 684. The molecule has 0 bridgehead atoms. The number of carbonyl (C=O) groups is 1. The third-order valence-corrected chi connectivity index (χ3v) is 4.24. The number of rotatable bonds is 8. The third-order valence-electron chi connectivity index (χ3n) is 4.01. The van der Waals surface area contributed by atoms with Gasteiger partial charge in [0.05, 0.1) is 0 Å². The molecule has 1 amide bonds. The molecule has 0 fully saturated rings. The lowest BCUT2D eigenvalue weighted by molar-refractivity contribution is -0.127. The summed E-state index contributed by atoms with van der Waals surface area (Å²) in [7, 11) is 0. The Morgan fingerprint density at radius 2 is 1.84 bits per heavy atom. The minimum Gasteiger partial charge on any atom is -0.481 e. The average molecular weight is 361 g/mol. The molecule has 4 nitrogen and oxygen atoms in total. The van der Waals surface area contributed by atoms with Crippen LogP contribution in [-0.2, 0) is 11.3 Å². The van der Waals surface area contributed by atoms with Crippen LogP contribution in [0.4, 0.5) is 5.69 Å². The number of hydrogen-bond donors (Lipinski definition) is 1. The number of halogens is 1. The fraction of sp³-hybridized carbons (Fsp3) is 0.350. The summed E-state index contributed by atoms with van der Waals surface area (Å²) in [4.78, 5) is 14.5. The van der Waals surface area contributed by atoms with Crippen LogP contribution in [0.5, 0.6) is 5.75 Å². The molecule has 0 saturated carbocycles. The highest BCUT2D eigenvalue weighted by Gasteiger charge is 2.14. The summed E-state index contributed by atoms with van der Waals surface area (Å²) in [5.41, 5.74) is 2.25. The van der Waals surface area contributed by atoms with Crippen LogP contribution >= 0.6 is 11.6 Å². The van der Waals surface area contributed by atoms with Crippen LogP contribution in [-0.4, -0.2) is 25.1 Å². The number of amides is 1. The first kappa shape index (κ1) is 19.1. The van der Waals surface area contributed by atoms with Crippen LogP contribution in [0.3, 0.4) is 0 Å². The normalized spacial score (nSPS) is 11.7. The van der Waals surface area contributed by atoms with Crippen LogP contribution in [0.15, 0.2) is 48.5 Å². The number of carbonyl (C=O) groups excluding carboxylic acids is 1. The highest BCUT2D eigenvalue weighted by molar-refractivity contribution is 6.30. The molecule has 1 N–H and O–H groups in total. The largest absolute Gasteiger partial charge is 0.481 e. The van der Waals surface area contributed by atoms with Gasteiger partial charge in [-0.25, -0.2) is 0 Å². The van der Waals surface area contributed by atoms with Crippen LogP contribution < -0.4 is 15.0 Å². The number of hydrogen-bond acceptors (Lipinski definition) is 3. The maximum atomic E-state index is 12.2. The van der Waals surface area contributed by atoms with Crippen molar-refractivity contribution >= 4 is 23.2 Å². The van der Waals surface area contributed by atoms with Crippen molar-refractivity contribution in [2.24, 2.45) is 0 Å². The zero-order valence-electron chi connectivity index (χ0n) is 15.0. The summed E-state index contributed by atoms with van der Waals surface area (Å²) in [6.07, 6.45) is -0.589. The average Bonchev–Trinajstić information content (AvgIpc) is 2.61. The maximum absolute atomic E-state index is 12.2. The molecule has 0 aliphatic carbocycles. The van der Waals surface area contributed by atoms with E-state index in [1.54, 1.807) is 31.2 Å². The molecule has 0 radical (unpaired) electrons. The highest BCUT2D eigenvalue weighted by Crippen LogP contribution is 2.18. The summed E-state index contributed by atoms with van der Waals surface area (Å²) >= 11 is 5.92. The van der Waals surface area contributed by atoms with Crippen LogP contribution in [0, 0.1) is 0 Å². The lowest BCUT2D eigenvalue weighted by Gasteiger charge is -2.21. The molecule has 0 spiro atoms. The third kappa shape index (κ3) is 5.68. The second-order valence-electron chi connectivity index (χ2n) is 5.77. The monoisotopic (exact) mass is 360 g/mol. The van der Waals surface area contributed by atoms with Crippen LogP contribution in [0.1, 0.15) is 26.3 Å². The van der Waals surface area contributed by atoms with Gasteiger partial charge in [0.2, 0.25) is 0 Å². The fourth-order valence-corrected chi connectivity index (χ4v) is 2.72. The van der Waals surface area contributed by atoms with Gasteiger partial charge in [0.1, 0.15) is 5.75 Å². The van der Waals surface area contributed by atoms with Crippen molar-refractivity contribution in [1.82, 2.24) is 5.32 Å². The summed E-state index contributed by atoms with van der Waals surface area (Å²) < 4.78 is 5.62. The summed E-state index contributed by atoms with van der Waals surface area (Å²) in [6.45, 7) is 8.42. The molecule has 1 atom stereocenters. The first-order chi connectivity index (χ1) is 12.0. The molecule has 0 heterocycles. The van der Waals surface area contributed by atoms with Gasteiger partial charge < -0.3 is 15.0 Å². The van der Waals surface area contributed by atoms with Crippen LogP contribution in [0.25, 0.3) is 0 Å². The van der Waals surface area contributed by atoms with E-state index in [0.29, 0.717) is 17.3 Å². The number of nitrogens with one attached hydrogen (secondary N) is 1. The summed E-state index contributed by atoms with van der Waals surface area (Å²) in [5, 5.41) is 3.48. The number of ether oxygens (including phenoxy) is 1. The van der Waals surface area contributed by atoms with E-state index in [2.05, 4.69) is 36.2 Å². The van der Waals surface area contributed by atoms with E-state index in [1.807, 2.05) is 12.1 Å². The number of nitrogens with zero attached hydrogens (tertiary/aromatic N) is 1. The molecule has 2 aromatic rings. The molecule has 0 aliphatic rings. The molecular weight excluding hydrogens is 336 g/mol. The van der Waals surface area contributed by atoms with Crippen molar-refractivity contribution in [2.75, 3.05) is 18.0 Å². The lowest BCUT2D eigenvalue weighted by atomic mass is 10.2. The van der Waals surface area contributed by atoms with Crippen molar-refractivity contribution in [3.05, 3.63) is 59.1 Å². The highest BCUT2D eigenvalue weighted by atomic mass is 35.5. The molecule has 25 heavy (non-hydrogen) atoms. The van der Waals surface area contributed by atoms with Gasteiger partial charge in [0, 0.05) is 30.3 Å². The smallest absolute Gasteiger partial charge is 0.261 e. The van der Waals surface area contributed by atoms with Gasteiger partial charge in [-0.15, -0.1) is 0 Å². The van der Waals surface area contributed by atoms with E-state index in [1.165, 1.54) is 5.69 Å². The number of benzene rings is 2. The van der Waals surface area contributed by atoms with Crippen molar-refractivity contribution < 1.29 is 9.53 Å². The second-order valence-corrected chi connectivity index (χ2v) is 6.21. The zero-order chi connectivity index (χ0) is 18.2. The Labute approximate surface area is 154 Å². The van der Waals surface area contributed by atoms with Crippen LogP contribution in [0.2, 0.25) is 5.02 Å². The zero-order valence-corrected chi connectivity index (χ0v) is 15.7. The lowest BCUT2D eigenvalue weighted by Crippen LogP contribution is -2.35. The molecule has 0 aliphatic heterocycles. The fourth-order valence-electron chi connectivity index (χ4n) is 2.54. The first-order valence-corrected chi connectivity index (χ1v) is 8.95. The SMILES string of the molecule is CCN(CC)c1ccc(CNC(=O)[C@@H](C)Oc2cccc(Cl)c2)cc1. The number of anilines is 1. The molecular formula is C20H25ClN2O2. The Hall–Kier alpha value is -2.20. The Morgan fingerprint density at radius 1 is 1.16 bits per heavy atom. The molecule has 0 aromatic heterocycles. The summed E-state index contributed by atoms with van der Waals surface area (Å²) in [5.74, 6) is 0.423. The van der Waals surface area contributed by atoms with Gasteiger partial charge in [-0.3, -0.25) is 4.79 Å². The second kappa shape index (κ2) is 9.33. The quantitative estimate of drug-likeness (QED) is 0.764. The van der Waals surface area contributed by atoms with Crippen molar-refractivity contribution in [2.45, 2.75) is 33.4 Å². The first-order valence-electron chi connectivity index (χ1n) is 8.57. The van der Waals surface area contributed by atoms with E-state index in [-0.39, 0.29) is 5.91 Å². The van der Waals surface area contributed by atoms with Gasteiger partial charge in [0.25, 0.3) is 5.91 Å². The predicted octanol–water partition coefficient (Wildman–Crippen LogP) is 4.27. The van der Waals surface area contributed by atoms with Gasteiger partial charge in [-0.05, 0) is 56.7 Å².